The lowest BCUT2D eigenvalue weighted by atomic mass is 10.1. The molecule has 2 amide bonds. The third-order valence-electron chi connectivity index (χ3n) is 4.42. The van der Waals surface area contributed by atoms with Gasteiger partial charge in [-0.05, 0) is 42.2 Å². The van der Waals surface area contributed by atoms with Gasteiger partial charge < -0.3 is 10.2 Å². The summed E-state index contributed by atoms with van der Waals surface area (Å²) in [6.07, 6.45) is 0.134. The first-order chi connectivity index (χ1) is 13.3. The first-order valence-electron chi connectivity index (χ1n) is 9.33. The Morgan fingerprint density at radius 3 is 2.25 bits per heavy atom. The third-order valence-corrected chi connectivity index (χ3v) is 5.04. The van der Waals surface area contributed by atoms with Crippen LogP contribution < -0.4 is 5.32 Å². The van der Waals surface area contributed by atoms with Crippen LogP contribution in [0.4, 0.5) is 0 Å². The highest BCUT2D eigenvalue weighted by atomic mass is 35.5. The molecule has 1 N–H and O–H groups in total. The van der Waals surface area contributed by atoms with E-state index in [9.17, 15) is 9.59 Å². The standard InChI is InChI=1S/C22H26Cl2N2O2/c1-15(2)13-25-22(28)16(3)26(14-17-8-10-19(23)11-9-17)21(27)12-18-6-4-5-7-20(18)24/h4-11,15-16H,12-14H2,1-3H3,(H,25,28)/t16-/m0/s1. The summed E-state index contributed by atoms with van der Waals surface area (Å²) in [6, 6.07) is 13.9. The number of carbonyl (C=O) groups is 2. The van der Waals surface area contributed by atoms with Gasteiger partial charge in [-0.15, -0.1) is 0 Å². The lowest BCUT2D eigenvalue weighted by molar-refractivity contribution is -0.140. The van der Waals surface area contributed by atoms with Crippen LogP contribution in [0.1, 0.15) is 31.9 Å². The molecule has 0 fully saturated rings. The van der Waals surface area contributed by atoms with Crippen LogP contribution in [0.2, 0.25) is 10.0 Å². The molecule has 0 aliphatic heterocycles. The van der Waals surface area contributed by atoms with E-state index in [2.05, 4.69) is 5.32 Å². The molecule has 0 radical (unpaired) electrons. The molecule has 0 aliphatic carbocycles. The van der Waals surface area contributed by atoms with E-state index in [4.69, 9.17) is 23.2 Å². The zero-order valence-electron chi connectivity index (χ0n) is 16.4. The Morgan fingerprint density at radius 2 is 1.64 bits per heavy atom. The van der Waals surface area contributed by atoms with Gasteiger partial charge in [0.25, 0.3) is 0 Å². The number of amides is 2. The molecule has 6 heteroatoms. The van der Waals surface area contributed by atoms with E-state index in [0.717, 1.165) is 11.1 Å². The Hall–Kier alpha value is -2.04. The molecule has 2 aromatic carbocycles. The molecule has 0 spiro atoms. The van der Waals surface area contributed by atoms with Crippen molar-refractivity contribution in [1.82, 2.24) is 10.2 Å². The van der Waals surface area contributed by atoms with Crippen molar-refractivity contribution in [2.24, 2.45) is 5.92 Å². The van der Waals surface area contributed by atoms with Crippen LogP contribution >= 0.6 is 23.2 Å². The minimum absolute atomic E-state index is 0.134. The van der Waals surface area contributed by atoms with Crippen LogP contribution in [0.25, 0.3) is 0 Å². The second-order valence-corrected chi connectivity index (χ2v) is 8.07. The quantitative estimate of drug-likeness (QED) is 0.670. The number of hydrogen-bond donors (Lipinski definition) is 1. The summed E-state index contributed by atoms with van der Waals surface area (Å²) in [5, 5.41) is 4.07. The van der Waals surface area contributed by atoms with Crippen molar-refractivity contribution in [3.05, 3.63) is 69.7 Å². The van der Waals surface area contributed by atoms with Crippen LogP contribution in [0.15, 0.2) is 48.5 Å². The summed E-state index contributed by atoms with van der Waals surface area (Å²) in [6.45, 7) is 6.68. The highest BCUT2D eigenvalue weighted by Gasteiger charge is 2.26. The van der Waals surface area contributed by atoms with Crippen molar-refractivity contribution in [2.45, 2.75) is 39.8 Å². The molecular weight excluding hydrogens is 395 g/mol. The van der Waals surface area contributed by atoms with Gasteiger partial charge >= 0.3 is 0 Å². The monoisotopic (exact) mass is 420 g/mol. The molecule has 0 aromatic heterocycles. The zero-order chi connectivity index (χ0) is 20.7. The maximum absolute atomic E-state index is 13.1. The number of nitrogens with zero attached hydrogens (tertiary/aromatic N) is 1. The van der Waals surface area contributed by atoms with Gasteiger partial charge in [-0.25, -0.2) is 0 Å². The average molecular weight is 421 g/mol. The van der Waals surface area contributed by atoms with Gasteiger partial charge in [0, 0.05) is 23.1 Å². The Labute approximate surface area is 176 Å². The van der Waals surface area contributed by atoms with Crippen molar-refractivity contribution < 1.29 is 9.59 Å². The topological polar surface area (TPSA) is 49.4 Å². The number of rotatable bonds is 8. The van der Waals surface area contributed by atoms with Crippen LogP contribution in [-0.4, -0.2) is 29.3 Å². The van der Waals surface area contributed by atoms with E-state index in [1.807, 2.05) is 44.2 Å². The van der Waals surface area contributed by atoms with Crippen molar-refractivity contribution in [3.63, 3.8) is 0 Å². The van der Waals surface area contributed by atoms with E-state index in [-0.39, 0.29) is 18.2 Å². The molecule has 1 atom stereocenters. The summed E-state index contributed by atoms with van der Waals surface area (Å²) >= 11 is 12.2. The largest absolute Gasteiger partial charge is 0.354 e. The molecule has 0 heterocycles. The van der Waals surface area contributed by atoms with Crippen LogP contribution in [-0.2, 0) is 22.6 Å². The summed E-state index contributed by atoms with van der Waals surface area (Å²) in [7, 11) is 0. The van der Waals surface area contributed by atoms with Gasteiger partial charge in [-0.1, -0.05) is 67.4 Å². The minimum Gasteiger partial charge on any atom is -0.354 e. The van der Waals surface area contributed by atoms with E-state index < -0.39 is 6.04 Å². The number of halogens is 2. The van der Waals surface area contributed by atoms with Crippen LogP contribution in [0.5, 0.6) is 0 Å². The Balaban J connectivity index is 2.21. The molecule has 4 nitrogen and oxygen atoms in total. The van der Waals surface area contributed by atoms with Gasteiger partial charge in [0.05, 0.1) is 6.42 Å². The molecule has 0 saturated carbocycles. The molecule has 2 rings (SSSR count). The smallest absolute Gasteiger partial charge is 0.242 e. The summed E-state index contributed by atoms with van der Waals surface area (Å²) in [5.74, 6) is 0.00473. The molecular formula is C22H26Cl2N2O2. The molecule has 28 heavy (non-hydrogen) atoms. The van der Waals surface area contributed by atoms with E-state index in [1.165, 1.54) is 0 Å². The predicted octanol–water partition coefficient (Wildman–Crippen LogP) is 4.73. The second-order valence-electron chi connectivity index (χ2n) is 7.23. The lowest BCUT2D eigenvalue weighted by Crippen LogP contribution is -2.48. The molecule has 0 unspecified atom stereocenters. The van der Waals surface area contributed by atoms with Crippen LogP contribution in [0.3, 0.4) is 0 Å². The summed E-state index contributed by atoms with van der Waals surface area (Å²) < 4.78 is 0. The molecule has 0 aliphatic rings. The predicted molar refractivity (Wildman–Crippen MR) is 114 cm³/mol. The minimum atomic E-state index is -0.607. The Morgan fingerprint density at radius 1 is 1.00 bits per heavy atom. The third kappa shape index (κ3) is 6.54. The first-order valence-corrected chi connectivity index (χ1v) is 10.1. The highest BCUT2D eigenvalue weighted by molar-refractivity contribution is 6.31. The second kappa shape index (κ2) is 10.5. The van der Waals surface area contributed by atoms with Crippen LogP contribution in [0, 0.1) is 5.92 Å². The molecule has 0 bridgehead atoms. The van der Waals surface area contributed by atoms with E-state index >= 15 is 0 Å². The van der Waals surface area contributed by atoms with Gasteiger partial charge in [-0.2, -0.15) is 0 Å². The Kier molecular flexibility index (Phi) is 8.34. The highest BCUT2D eigenvalue weighted by Crippen LogP contribution is 2.19. The SMILES string of the molecule is CC(C)CNC(=O)[C@H](C)N(Cc1ccc(Cl)cc1)C(=O)Cc1ccccc1Cl. The summed E-state index contributed by atoms with van der Waals surface area (Å²) in [5.41, 5.74) is 1.64. The normalized spacial score (nSPS) is 11.9. The number of hydrogen-bond acceptors (Lipinski definition) is 2. The summed E-state index contributed by atoms with van der Waals surface area (Å²) in [4.78, 5) is 27.3. The lowest BCUT2D eigenvalue weighted by Gasteiger charge is -2.29. The van der Waals surface area contributed by atoms with E-state index in [0.29, 0.717) is 29.1 Å². The van der Waals surface area contributed by atoms with Gasteiger partial charge in [0.1, 0.15) is 6.04 Å². The fraction of sp³-hybridized carbons (Fsp3) is 0.364. The van der Waals surface area contributed by atoms with Crippen molar-refractivity contribution in [2.75, 3.05) is 6.54 Å². The average Bonchev–Trinajstić information content (AvgIpc) is 2.66. The zero-order valence-corrected chi connectivity index (χ0v) is 17.9. The molecule has 2 aromatic rings. The van der Waals surface area contributed by atoms with Gasteiger partial charge in [-0.3, -0.25) is 9.59 Å². The van der Waals surface area contributed by atoms with Crippen molar-refractivity contribution in [3.8, 4) is 0 Å². The number of nitrogens with one attached hydrogen (secondary N) is 1. The van der Waals surface area contributed by atoms with Crippen molar-refractivity contribution in [1.29, 1.82) is 0 Å². The fourth-order valence-corrected chi connectivity index (χ4v) is 3.06. The first kappa shape index (κ1) is 22.3. The van der Waals surface area contributed by atoms with Crippen molar-refractivity contribution >= 4 is 35.0 Å². The van der Waals surface area contributed by atoms with Gasteiger partial charge in [0.2, 0.25) is 11.8 Å². The molecule has 150 valence electrons. The molecule has 0 saturated heterocycles. The Bertz CT molecular complexity index is 806. The fourth-order valence-electron chi connectivity index (χ4n) is 2.73. The number of benzene rings is 2. The number of carbonyl (C=O) groups excluding carboxylic acids is 2. The maximum Gasteiger partial charge on any atom is 0.242 e. The van der Waals surface area contributed by atoms with E-state index in [1.54, 1.807) is 30.0 Å². The van der Waals surface area contributed by atoms with Gasteiger partial charge in [0.15, 0.2) is 0 Å². The maximum atomic E-state index is 13.1.